The van der Waals surface area contributed by atoms with Crippen molar-refractivity contribution in [1.29, 1.82) is 0 Å². The fraction of sp³-hybridized carbons (Fsp3) is 0.412. The Balaban J connectivity index is 2.05. The second-order valence-electron chi connectivity index (χ2n) is 5.37. The first-order valence-electron chi connectivity index (χ1n) is 7.21. The van der Waals surface area contributed by atoms with Crippen LogP contribution in [0.2, 0.25) is 0 Å². The number of hydrogen-bond acceptors (Lipinski definition) is 4. The van der Waals surface area contributed by atoms with E-state index in [2.05, 4.69) is 5.32 Å². The van der Waals surface area contributed by atoms with E-state index >= 15 is 0 Å². The van der Waals surface area contributed by atoms with Crippen LogP contribution >= 0.6 is 0 Å². The minimum atomic E-state index is -0.527. The van der Waals surface area contributed by atoms with Gasteiger partial charge in [-0.1, -0.05) is 26.0 Å². The molecule has 0 bridgehead atoms. The number of benzene rings is 2. The molecule has 0 aliphatic heterocycles. The summed E-state index contributed by atoms with van der Waals surface area (Å²) in [6.07, 6.45) is -0.527. The number of methoxy groups -OCH3 is 1. The van der Waals surface area contributed by atoms with E-state index in [4.69, 9.17) is 9.47 Å². The molecule has 1 atom stereocenters. The highest BCUT2D eigenvalue weighted by atomic mass is 16.5. The lowest BCUT2D eigenvalue weighted by atomic mass is 10.1. The first-order chi connectivity index (χ1) is 10.1. The van der Waals surface area contributed by atoms with Gasteiger partial charge in [-0.3, -0.25) is 0 Å². The van der Waals surface area contributed by atoms with Gasteiger partial charge in [0.15, 0.2) is 0 Å². The van der Waals surface area contributed by atoms with Crippen LogP contribution in [0.15, 0.2) is 36.4 Å². The van der Waals surface area contributed by atoms with Gasteiger partial charge in [-0.05, 0) is 29.7 Å². The zero-order valence-corrected chi connectivity index (χ0v) is 12.8. The van der Waals surface area contributed by atoms with Crippen molar-refractivity contribution in [2.45, 2.75) is 26.0 Å². The monoisotopic (exact) mass is 289 g/mol. The summed E-state index contributed by atoms with van der Waals surface area (Å²) >= 11 is 0. The second-order valence-corrected chi connectivity index (χ2v) is 5.37. The number of fused-ring (bicyclic) bond motifs is 1. The first kappa shape index (κ1) is 15.6. The molecule has 4 heteroatoms. The molecule has 0 aliphatic carbocycles. The molecule has 21 heavy (non-hydrogen) atoms. The van der Waals surface area contributed by atoms with Gasteiger partial charge < -0.3 is 19.9 Å². The maximum absolute atomic E-state index is 9.91. The van der Waals surface area contributed by atoms with Gasteiger partial charge in [0, 0.05) is 18.0 Å². The molecule has 0 amide bonds. The average molecular weight is 289 g/mol. The number of ether oxygens (including phenoxy) is 2. The lowest BCUT2D eigenvalue weighted by Crippen LogP contribution is -2.35. The Bertz CT molecular complexity index is 583. The number of nitrogens with one attached hydrogen (secondary N) is 1. The summed E-state index contributed by atoms with van der Waals surface area (Å²) in [7, 11) is 1.65. The highest BCUT2D eigenvalue weighted by molar-refractivity contribution is 5.89. The third-order valence-electron chi connectivity index (χ3n) is 3.24. The van der Waals surface area contributed by atoms with Crippen LogP contribution in [0.3, 0.4) is 0 Å². The molecule has 0 saturated heterocycles. The number of rotatable bonds is 7. The van der Waals surface area contributed by atoms with E-state index < -0.39 is 6.10 Å². The SMILES string of the molecule is COc1ccc2c(OC[C@@H](O)CNC(C)C)cccc2c1. The van der Waals surface area contributed by atoms with Gasteiger partial charge in [0.2, 0.25) is 0 Å². The molecule has 2 aromatic rings. The molecule has 2 N–H and O–H groups in total. The fourth-order valence-corrected chi connectivity index (χ4v) is 2.10. The topological polar surface area (TPSA) is 50.7 Å². The smallest absolute Gasteiger partial charge is 0.127 e. The van der Waals surface area contributed by atoms with Crippen LogP contribution in [-0.2, 0) is 0 Å². The molecule has 0 fully saturated rings. The van der Waals surface area contributed by atoms with Gasteiger partial charge in [-0.15, -0.1) is 0 Å². The van der Waals surface area contributed by atoms with Crippen LogP contribution in [0.4, 0.5) is 0 Å². The normalized spacial score (nSPS) is 12.6. The lowest BCUT2D eigenvalue weighted by molar-refractivity contribution is 0.105. The van der Waals surface area contributed by atoms with Crippen molar-refractivity contribution in [1.82, 2.24) is 5.32 Å². The maximum atomic E-state index is 9.91. The van der Waals surface area contributed by atoms with Crippen LogP contribution in [0.1, 0.15) is 13.8 Å². The summed E-state index contributed by atoms with van der Waals surface area (Å²) in [5.41, 5.74) is 0. The molecule has 2 aromatic carbocycles. The van der Waals surface area contributed by atoms with Crippen molar-refractivity contribution >= 4 is 10.8 Å². The van der Waals surface area contributed by atoms with Crippen LogP contribution in [0.25, 0.3) is 10.8 Å². The third-order valence-corrected chi connectivity index (χ3v) is 3.24. The quantitative estimate of drug-likeness (QED) is 0.822. The summed E-state index contributed by atoms with van der Waals surface area (Å²) in [5.74, 6) is 1.60. The van der Waals surface area contributed by atoms with Crippen molar-refractivity contribution in [2.24, 2.45) is 0 Å². The molecule has 0 unspecified atom stereocenters. The Kier molecular flexibility index (Phi) is 5.42. The highest BCUT2D eigenvalue weighted by Crippen LogP contribution is 2.28. The number of aliphatic hydroxyl groups is 1. The van der Waals surface area contributed by atoms with E-state index in [1.54, 1.807) is 7.11 Å². The molecule has 0 aromatic heterocycles. The number of hydrogen-bond donors (Lipinski definition) is 2. The first-order valence-corrected chi connectivity index (χ1v) is 7.21. The largest absolute Gasteiger partial charge is 0.497 e. The molecular formula is C17H23NO3. The Hall–Kier alpha value is -1.78. The van der Waals surface area contributed by atoms with E-state index in [0.717, 1.165) is 22.3 Å². The Morgan fingerprint density at radius 3 is 2.71 bits per heavy atom. The number of aliphatic hydroxyl groups excluding tert-OH is 1. The van der Waals surface area contributed by atoms with E-state index in [1.165, 1.54) is 0 Å². The molecule has 0 heterocycles. The molecule has 0 saturated carbocycles. The Labute approximate surface area is 125 Å². The van der Waals surface area contributed by atoms with Crippen LogP contribution in [-0.4, -0.2) is 37.5 Å². The highest BCUT2D eigenvalue weighted by Gasteiger charge is 2.08. The minimum absolute atomic E-state index is 0.269. The van der Waals surface area contributed by atoms with E-state index in [-0.39, 0.29) is 6.61 Å². The molecular weight excluding hydrogens is 266 g/mol. The third kappa shape index (κ3) is 4.34. The van der Waals surface area contributed by atoms with E-state index in [0.29, 0.717) is 12.6 Å². The van der Waals surface area contributed by atoms with E-state index in [9.17, 15) is 5.11 Å². The summed E-state index contributed by atoms with van der Waals surface area (Å²) in [5, 5.41) is 15.2. The molecule has 0 radical (unpaired) electrons. The van der Waals surface area contributed by atoms with Gasteiger partial charge in [-0.25, -0.2) is 0 Å². The minimum Gasteiger partial charge on any atom is -0.497 e. The Morgan fingerprint density at radius 1 is 1.19 bits per heavy atom. The van der Waals surface area contributed by atoms with Crippen molar-refractivity contribution in [3.8, 4) is 11.5 Å². The zero-order chi connectivity index (χ0) is 15.2. The van der Waals surface area contributed by atoms with Crippen molar-refractivity contribution < 1.29 is 14.6 Å². The van der Waals surface area contributed by atoms with Gasteiger partial charge >= 0.3 is 0 Å². The van der Waals surface area contributed by atoms with Crippen molar-refractivity contribution in [3.05, 3.63) is 36.4 Å². The lowest BCUT2D eigenvalue weighted by Gasteiger charge is -2.16. The maximum Gasteiger partial charge on any atom is 0.127 e. The predicted molar refractivity (Wildman–Crippen MR) is 85.1 cm³/mol. The fourth-order valence-electron chi connectivity index (χ4n) is 2.10. The average Bonchev–Trinajstić information content (AvgIpc) is 2.50. The van der Waals surface area contributed by atoms with Crippen LogP contribution < -0.4 is 14.8 Å². The van der Waals surface area contributed by atoms with Gasteiger partial charge in [0.25, 0.3) is 0 Å². The second kappa shape index (κ2) is 7.29. The van der Waals surface area contributed by atoms with Gasteiger partial charge in [0.1, 0.15) is 24.2 Å². The Morgan fingerprint density at radius 2 is 2.00 bits per heavy atom. The van der Waals surface area contributed by atoms with Gasteiger partial charge in [0.05, 0.1) is 7.11 Å². The summed E-state index contributed by atoms with van der Waals surface area (Å²) in [6.45, 7) is 4.89. The zero-order valence-electron chi connectivity index (χ0n) is 12.8. The van der Waals surface area contributed by atoms with Crippen molar-refractivity contribution in [3.63, 3.8) is 0 Å². The summed E-state index contributed by atoms with van der Waals surface area (Å²) < 4.78 is 11.0. The molecule has 0 aliphatic rings. The molecule has 4 nitrogen and oxygen atoms in total. The summed E-state index contributed by atoms with van der Waals surface area (Å²) in [6, 6.07) is 12.1. The molecule has 114 valence electrons. The predicted octanol–water partition coefficient (Wildman–Crippen LogP) is 2.59. The van der Waals surface area contributed by atoms with Crippen LogP contribution in [0, 0.1) is 0 Å². The van der Waals surface area contributed by atoms with E-state index in [1.807, 2.05) is 50.2 Å². The van der Waals surface area contributed by atoms with Crippen molar-refractivity contribution in [2.75, 3.05) is 20.3 Å². The van der Waals surface area contributed by atoms with Crippen LogP contribution in [0.5, 0.6) is 11.5 Å². The molecule has 0 spiro atoms. The van der Waals surface area contributed by atoms with Gasteiger partial charge in [-0.2, -0.15) is 0 Å². The standard InChI is InChI=1S/C17H23NO3/c1-12(2)18-10-14(19)11-21-17-6-4-5-13-9-15(20-3)7-8-16(13)17/h4-9,12,14,18-19H,10-11H2,1-3H3/t14-/m0/s1. The summed E-state index contributed by atoms with van der Waals surface area (Å²) in [4.78, 5) is 0. The molecule has 2 rings (SSSR count).